The largest absolute Gasteiger partial charge is 0.323 e. The van der Waals surface area contributed by atoms with E-state index < -0.39 is 10.0 Å². The molecule has 0 unspecified atom stereocenters. The summed E-state index contributed by atoms with van der Waals surface area (Å²) in [6, 6.07) is 11.5. The molecular formula is C19H21Cl2N3O3S. The molecule has 3 rings (SSSR count). The van der Waals surface area contributed by atoms with Gasteiger partial charge in [0.1, 0.15) is 0 Å². The van der Waals surface area contributed by atoms with E-state index in [9.17, 15) is 13.2 Å². The van der Waals surface area contributed by atoms with Gasteiger partial charge in [-0.15, -0.1) is 0 Å². The van der Waals surface area contributed by atoms with Gasteiger partial charge in [-0.05, 0) is 49.2 Å². The topological polar surface area (TPSA) is 69.7 Å². The molecule has 1 saturated heterocycles. The average molecular weight is 442 g/mol. The summed E-state index contributed by atoms with van der Waals surface area (Å²) in [7, 11) is -3.68. The van der Waals surface area contributed by atoms with Gasteiger partial charge in [-0.3, -0.25) is 0 Å². The number of urea groups is 1. The molecule has 6 nitrogen and oxygen atoms in total. The van der Waals surface area contributed by atoms with Crippen LogP contribution in [0.15, 0.2) is 47.4 Å². The highest BCUT2D eigenvalue weighted by atomic mass is 35.5. The number of anilines is 1. The van der Waals surface area contributed by atoms with Crippen LogP contribution in [0.1, 0.15) is 12.0 Å². The summed E-state index contributed by atoms with van der Waals surface area (Å²) in [6.07, 6.45) is 0.543. The van der Waals surface area contributed by atoms with Gasteiger partial charge < -0.3 is 10.2 Å². The molecule has 0 aromatic heterocycles. The van der Waals surface area contributed by atoms with E-state index in [1.165, 1.54) is 4.31 Å². The van der Waals surface area contributed by atoms with Crippen LogP contribution in [0.2, 0.25) is 10.0 Å². The Morgan fingerprint density at radius 1 is 1.04 bits per heavy atom. The monoisotopic (exact) mass is 441 g/mol. The van der Waals surface area contributed by atoms with Crippen molar-refractivity contribution >= 4 is 44.9 Å². The maximum absolute atomic E-state index is 13.1. The third-order valence-corrected chi connectivity index (χ3v) is 7.34. The highest BCUT2D eigenvalue weighted by molar-refractivity contribution is 7.89. The van der Waals surface area contributed by atoms with Crippen LogP contribution in [0.25, 0.3) is 0 Å². The highest BCUT2D eigenvalue weighted by Gasteiger charge is 2.29. The summed E-state index contributed by atoms with van der Waals surface area (Å²) in [5, 5.41) is 3.74. The average Bonchev–Trinajstić information content (AvgIpc) is 2.90. The number of benzene rings is 2. The summed E-state index contributed by atoms with van der Waals surface area (Å²) in [5.74, 6) is 0. The van der Waals surface area contributed by atoms with Crippen molar-refractivity contribution < 1.29 is 13.2 Å². The molecule has 2 aromatic rings. The Kier molecular flexibility index (Phi) is 6.50. The van der Waals surface area contributed by atoms with Crippen molar-refractivity contribution in [1.82, 2.24) is 9.21 Å². The first-order chi connectivity index (χ1) is 13.3. The minimum atomic E-state index is -3.68. The lowest BCUT2D eigenvalue weighted by Crippen LogP contribution is -2.39. The third-order valence-electron chi connectivity index (χ3n) is 4.65. The number of carbonyl (C=O) groups is 1. The SMILES string of the molecule is Cc1c(Cl)cccc1S(=O)(=O)N1CCCN(C(=O)Nc2cccc(Cl)c2)CC1. The maximum Gasteiger partial charge on any atom is 0.321 e. The standard InChI is InChI=1S/C19H21Cl2N3O3S/c1-14-17(21)7-3-8-18(14)28(26,27)24-10-4-9-23(11-12-24)19(25)22-16-6-2-5-15(20)13-16/h2-3,5-8,13H,4,9-12H2,1H3,(H,22,25). The van der Waals surface area contributed by atoms with E-state index >= 15 is 0 Å². The van der Waals surface area contributed by atoms with Crippen LogP contribution in [0, 0.1) is 6.92 Å². The lowest BCUT2D eigenvalue weighted by molar-refractivity contribution is 0.214. The first kappa shape index (κ1) is 20.9. The summed E-state index contributed by atoms with van der Waals surface area (Å²) < 4.78 is 27.5. The molecule has 2 amide bonds. The predicted octanol–water partition coefficient (Wildman–Crippen LogP) is 4.23. The normalized spacial score (nSPS) is 15.9. The van der Waals surface area contributed by atoms with Gasteiger partial charge in [0.2, 0.25) is 10.0 Å². The zero-order valence-corrected chi connectivity index (χ0v) is 17.7. The Morgan fingerprint density at radius 2 is 1.79 bits per heavy atom. The molecule has 1 fully saturated rings. The quantitative estimate of drug-likeness (QED) is 0.774. The molecular weight excluding hydrogens is 421 g/mol. The Hall–Kier alpha value is -1.80. The van der Waals surface area contributed by atoms with Crippen molar-refractivity contribution in [2.45, 2.75) is 18.2 Å². The van der Waals surface area contributed by atoms with Gasteiger partial charge in [0.25, 0.3) is 0 Å². The second-order valence-electron chi connectivity index (χ2n) is 6.55. The highest BCUT2D eigenvalue weighted by Crippen LogP contribution is 2.26. The van der Waals surface area contributed by atoms with Crippen LogP contribution in [0.4, 0.5) is 10.5 Å². The molecule has 150 valence electrons. The van der Waals surface area contributed by atoms with Crippen molar-refractivity contribution in [2.24, 2.45) is 0 Å². The first-order valence-corrected chi connectivity index (χ1v) is 11.1. The van der Waals surface area contributed by atoms with Crippen molar-refractivity contribution in [3.8, 4) is 0 Å². The molecule has 0 saturated carbocycles. The third kappa shape index (κ3) is 4.60. The van der Waals surface area contributed by atoms with Crippen LogP contribution in [0.3, 0.4) is 0 Å². The molecule has 1 N–H and O–H groups in total. The molecule has 0 radical (unpaired) electrons. The number of hydrogen-bond acceptors (Lipinski definition) is 3. The second-order valence-corrected chi connectivity index (χ2v) is 9.30. The van der Waals surface area contributed by atoms with Crippen molar-refractivity contribution in [3.63, 3.8) is 0 Å². The molecule has 0 aliphatic carbocycles. The molecule has 9 heteroatoms. The first-order valence-electron chi connectivity index (χ1n) is 8.86. The number of amides is 2. The number of nitrogens with one attached hydrogen (secondary N) is 1. The minimum Gasteiger partial charge on any atom is -0.323 e. The van der Waals surface area contributed by atoms with Crippen LogP contribution in [-0.2, 0) is 10.0 Å². The van der Waals surface area contributed by atoms with Gasteiger partial charge in [0, 0.05) is 41.9 Å². The maximum atomic E-state index is 13.1. The Morgan fingerprint density at radius 3 is 2.54 bits per heavy atom. The lowest BCUT2D eigenvalue weighted by atomic mass is 10.2. The molecule has 2 aromatic carbocycles. The van der Waals surface area contributed by atoms with Crippen LogP contribution in [0.5, 0.6) is 0 Å². The Balaban J connectivity index is 1.70. The van der Waals surface area contributed by atoms with Crippen molar-refractivity contribution in [1.29, 1.82) is 0 Å². The number of nitrogens with zero attached hydrogens (tertiary/aromatic N) is 2. The molecule has 0 spiro atoms. The van der Waals surface area contributed by atoms with E-state index in [1.807, 2.05) is 0 Å². The van der Waals surface area contributed by atoms with E-state index in [-0.39, 0.29) is 17.5 Å². The summed E-state index contributed by atoms with van der Waals surface area (Å²) in [4.78, 5) is 14.4. The lowest BCUT2D eigenvalue weighted by Gasteiger charge is -2.23. The van der Waals surface area contributed by atoms with Crippen LogP contribution in [-0.4, -0.2) is 49.8 Å². The number of rotatable bonds is 3. The van der Waals surface area contributed by atoms with E-state index in [0.29, 0.717) is 47.4 Å². The number of hydrogen-bond donors (Lipinski definition) is 1. The van der Waals surface area contributed by atoms with E-state index in [0.717, 1.165) is 0 Å². The van der Waals surface area contributed by atoms with Gasteiger partial charge in [-0.25, -0.2) is 13.2 Å². The number of sulfonamides is 1. The van der Waals surface area contributed by atoms with E-state index in [1.54, 1.807) is 54.3 Å². The van der Waals surface area contributed by atoms with E-state index in [4.69, 9.17) is 23.2 Å². The minimum absolute atomic E-state index is 0.205. The smallest absolute Gasteiger partial charge is 0.321 e. The Bertz CT molecular complexity index is 982. The fraction of sp³-hybridized carbons (Fsp3) is 0.316. The molecule has 1 aliphatic rings. The van der Waals surface area contributed by atoms with Gasteiger partial charge in [-0.2, -0.15) is 4.31 Å². The fourth-order valence-corrected chi connectivity index (χ4v) is 5.25. The second kappa shape index (κ2) is 8.69. The van der Waals surface area contributed by atoms with Crippen molar-refractivity contribution in [2.75, 3.05) is 31.5 Å². The molecule has 0 bridgehead atoms. The van der Waals surface area contributed by atoms with Crippen LogP contribution >= 0.6 is 23.2 Å². The molecule has 0 atom stereocenters. The van der Waals surface area contributed by atoms with Crippen LogP contribution < -0.4 is 5.32 Å². The van der Waals surface area contributed by atoms with Gasteiger partial charge in [0.05, 0.1) is 4.90 Å². The number of carbonyl (C=O) groups excluding carboxylic acids is 1. The molecule has 28 heavy (non-hydrogen) atoms. The summed E-state index contributed by atoms with van der Waals surface area (Å²) in [6.45, 7) is 3.02. The van der Waals surface area contributed by atoms with Gasteiger partial charge in [-0.1, -0.05) is 35.3 Å². The zero-order valence-electron chi connectivity index (χ0n) is 15.4. The number of halogens is 2. The predicted molar refractivity (Wildman–Crippen MR) is 112 cm³/mol. The molecule has 1 aliphatic heterocycles. The molecule has 1 heterocycles. The fourth-order valence-electron chi connectivity index (χ4n) is 3.11. The summed E-state index contributed by atoms with van der Waals surface area (Å²) >= 11 is 12.0. The van der Waals surface area contributed by atoms with Gasteiger partial charge >= 0.3 is 6.03 Å². The Labute approximate surface area is 175 Å². The summed E-state index contributed by atoms with van der Waals surface area (Å²) in [5.41, 5.74) is 1.13. The van der Waals surface area contributed by atoms with Gasteiger partial charge in [0.15, 0.2) is 0 Å². The zero-order chi connectivity index (χ0) is 20.3. The van der Waals surface area contributed by atoms with E-state index in [2.05, 4.69) is 5.32 Å². The van der Waals surface area contributed by atoms with Crippen molar-refractivity contribution in [3.05, 3.63) is 58.1 Å².